The van der Waals surface area contributed by atoms with E-state index in [1.165, 1.54) is 6.07 Å². The summed E-state index contributed by atoms with van der Waals surface area (Å²) in [7, 11) is 0. The summed E-state index contributed by atoms with van der Waals surface area (Å²) in [6, 6.07) is 4.77. The molecule has 0 aliphatic heterocycles. The number of pyridine rings is 1. The summed E-state index contributed by atoms with van der Waals surface area (Å²) in [5.74, 6) is -0.0134. The van der Waals surface area contributed by atoms with E-state index in [2.05, 4.69) is 15.0 Å². The second-order valence-corrected chi connectivity index (χ2v) is 4.97. The van der Waals surface area contributed by atoms with Crippen molar-refractivity contribution in [2.75, 3.05) is 6.61 Å². The molecule has 1 aromatic heterocycles. The fourth-order valence-electron chi connectivity index (χ4n) is 1.15. The number of aromatic nitrogens is 1. The monoisotopic (exact) mass is 262 g/mol. The van der Waals surface area contributed by atoms with Crippen LogP contribution in [0.4, 0.5) is 13.2 Å². The predicted octanol–water partition coefficient (Wildman–Crippen LogP) is 2.91. The lowest BCUT2D eigenvalue weighted by Gasteiger charge is -2.20. The number of rotatable bonds is 4. The second-order valence-electron chi connectivity index (χ2n) is 4.97. The van der Waals surface area contributed by atoms with Crippen molar-refractivity contribution in [3.05, 3.63) is 23.9 Å². The van der Waals surface area contributed by atoms with Gasteiger partial charge in [-0.15, -0.1) is 0 Å². The van der Waals surface area contributed by atoms with Gasteiger partial charge in [0.15, 0.2) is 6.61 Å². The van der Waals surface area contributed by atoms with Crippen molar-refractivity contribution in [2.45, 2.75) is 39.0 Å². The molecule has 3 nitrogen and oxygen atoms in total. The van der Waals surface area contributed by atoms with Crippen molar-refractivity contribution in [1.29, 1.82) is 0 Å². The summed E-state index contributed by atoms with van der Waals surface area (Å²) in [6.07, 6.45) is -4.35. The first-order chi connectivity index (χ1) is 8.16. The molecule has 0 atom stereocenters. The van der Waals surface area contributed by atoms with Gasteiger partial charge in [-0.05, 0) is 26.8 Å². The first-order valence-electron chi connectivity index (χ1n) is 5.56. The third kappa shape index (κ3) is 6.44. The van der Waals surface area contributed by atoms with E-state index in [1.54, 1.807) is 12.1 Å². The Labute approximate surface area is 104 Å². The zero-order chi connectivity index (χ0) is 13.8. The maximum atomic E-state index is 12.0. The number of ether oxygens (including phenoxy) is 1. The minimum atomic E-state index is -4.35. The topological polar surface area (TPSA) is 34.1 Å². The molecule has 1 heterocycles. The molecule has 0 aliphatic carbocycles. The molecule has 18 heavy (non-hydrogen) atoms. The number of nitrogens with zero attached hydrogens (tertiary/aromatic N) is 1. The highest BCUT2D eigenvalue weighted by atomic mass is 19.4. The summed E-state index contributed by atoms with van der Waals surface area (Å²) in [5.41, 5.74) is 0.564. The van der Waals surface area contributed by atoms with E-state index in [-0.39, 0.29) is 11.4 Å². The fraction of sp³-hybridized carbons (Fsp3) is 0.583. The maximum absolute atomic E-state index is 12.0. The average Bonchev–Trinajstić information content (AvgIpc) is 2.22. The Bertz CT molecular complexity index is 352. The lowest BCUT2D eigenvalue weighted by molar-refractivity contribution is -0.154. The van der Waals surface area contributed by atoms with Crippen molar-refractivity contribution in [3.63, 3.8) is 0 Å². The van der Waals surface area contributed by atoms with Crippen LogP contribution < -0.4 is 10.1 Å². The Hall–Kier alpha value is -1.30. The van der Waals surface area contributed by atoms with Crippen molar-refractivity contribution in [1.82, 2.24) is 10.3 Å². The third-order valence-corrected chi connectivity index (χ3v) is 1.96. The lowest BCUT2D eigenvalue weighted by Crippen LogP contribution is -2.35. The van der Waals surface area contributed by atoms with Gasteiger partial charge in [0.05, 0.1) is 5.69 Å². The minimum absolute atomic E-state index is 0.0134. The summed E-state index contributed by atoms with van der Waals surface area (Å²) in [6.45, 7) is 5.15. The molecule has 6 heteroatoms. The molecule has 0 unspecified atom stereocenters. The Morgan fingerprint density at radius 1 is 1.22 bits per heavy atom. The highest BCUT2D eigenvalue weighted by Crippen LogP contribution is 2.17. The smallest absolute Gasteiger partial charge is 0.422 e. The van der Waals surface area contributed by atoms with Gasteiger partial charge in [-0.3, -0.25) is 0 Å². The van der Waals surface area contributed by atoms with Gasteiger partial charge >= 0.3 is 6.18 Å². The van der Waals surface area contributed by atoms with Gasteiger partial charge in [0.2, 0.25) is 5.88 Å². The van der Waals surface area contributed by atoms with Gasteiger partial charge < -0.3 is 10.1 Å². The SMILES string of the molecule is CC(C)(C)NCc1cccc(OCC(F)(F)F)n1. The Kier molecular flexibility index (Phi) is 4.56. The molecule has 1 aromatic rings. The zero-order valence-electron chi connectivity index (χ0n) is 10.6. The molecule has 0 spiro atoms. The predicted molar refractivity (Wildman–Crippen MR) is 62.4 cm³/mol. The quantitative estimate of drug-likeness (QED) is 0.906. The summed E-state index contributed by atoms with van der Waals surface area (Å²) in [5, 5.41) is 3.20. The average molecular weight is 262 g/mol. The zero-order valence-corrected chi connectivity index (χ0v) is 10.6. The van der Waals surface area contributed by atoms with Crippen LogP contribution in [0, 0.1) is 0 Å². The second kappa shape index (κ2) is 5.56. The number of nitrogens with one attached hydrogen (secondary N) is 1. The first-order valence-corrected chi connectivity index (χ1v) is 5.56. The van der Waals surface area contributed by atoms with Gasteiger partial charge in [0.1, 0.15) is 0 Å². The van der Waals surface area contributed by atoms with E-state index < -0.39 is 12.8 Å². The molecule has 1 N–H and O–H groups in total. The van der Waals surface area contributed by atoms with Crippen LogP contribution >= 0.6 is 0 Å². The Morgan fingerprint density at radius 3 is 2.44 bits per heavy atom. The number of halogens is 3. The molecule has 0 aromatic carbocycles. The van der Waals surface area contributed by atoms with E-state index in [0.717, 1.165) is 0 Å². The Balaban J connectivity index is 2.57. The van der Waals surface area contributed by atoms with Crippen LogP contribution in [0.1, 0.15) is 26.5 Å². The lowest BCUT2D eigenvalue weighted by atomic mass is 10.1. The van der Waals surface area contributed by atoms with Gasteiger partial charge in [-0.2, -0.15) is 13.2 Å². The van der Waals surface area contributed by atoms with Crippen molar-refractivity contribution >= 4 is 0 Å². The van der Waals surface area contributed by atoms with Crippen LogP contribution in [0.5, 0.6) is 5.88 Å². The summed E-state index contributed by atoms with van der Waals surface area (Å²) >= 11 is 0. The Morgan fingerprint density at radius 2 is 1.89 bits per heavy atom. The van der Waals surface area contributed by atoms with Crippen LogP contribution in [0.25, 0.3) is 0 Å². The van der Waals surface area contributed by atoms with E-state index in [0.29, 0.717) is 12.2 Å². The first kappa shape index (κ1) is 14.8. The number of hydrogen-bond donors (Lipinski definition) is 1. The van der Waals surface area contributed by atoms with Crippen LogP contribution in [0.3, 0.4) is 0 Å². The van der Waals surface area contributed by atoms with Crippen molar-refractivity contribution < 1.29 is 17.9 Å². The van der Waals surface area contributed by atoms with Crippen molar-refractivity contribution in [2.24, 2.45) is 0 Å². The molecule has 0 aliphatic rings. The molecule has 0 fully saturated rings. The molecular weight excluding hydrogens is 245 g/mol. The molecule has 0 saturated heterocycles. The fourth-order valence-corrected chi connectivity index (χ4v) is 1.15. The third-order valence-electron chi connectivity index (χ3n) is 1.96. The molecule has 1 rings (SSSR count). The van der Waals surface area contributed by atoms with Crippen LogP contribution in [-0.4, -0.2) is 23.3 Å². The standard InChI is InChI=1S/C12H17F3N2O/c1-11(2,3)16-7-9-5-4-6-10(17-9)18-8-12(13,14)15/h4-6,16H,7-8H2,1-3H3. The highest BCUT2D eigenvalue weighted by molar-refractivity contribution is 5.16. The maximum Gasteiger partial charge on any atom is 0.422 e. The van der Waals surface area contributed by atoms with E-state index in [9.17, 15) is 13.2 Å². The largest absolute Gasteiger partial charge is 0.468 e. The van der Waals surface area contributed by atoms with Crippen LogP contribution in [0.15, 0.2) is 18.2 Å². The molecular formula is C12H17F3N2O. The summed E-state index contributed by atoms with van der Waals surface area (Å²) in [4.78, 5) is 3.99. The summed E-state index contributed by atoms with van der Waals surface area (Å²) < 4.78 is 40.5. The molecule has 0 saturated carbocycles. The van der Waals surface area contributed by atoms with E-state index >= 15 is 0 Å². The molecule has 0 bridgehead atoms. The molecule has 102 valence electrons. The van der Waals surface area contributed by atoms with Crippen LogP contribution in [0.2, 0.25) is 0 Å². The minimum Gasteiger partial charge on any atom is -0.468 e. The van der Waals surface area contributed by atoms with Crippen LogP contribution in [-0.2, 0) is 6.54 Å². The number of alkyl halides is 3. The van der Waals surface area contributed by atoms with Gasteiger partial charge in [0, 0.05) is 18.2 Å². The highest BCUT2D eigenvalue weighted by Gasteiger charge is 2.28. The van der Waals surface area contributed by atoms with E-state index in [1.807, 2.05) is 20.8 Å². The molecule has 0 amide bonds. The molecule has 0 radical (unpaired) electrons. The van der Waals surface area contributed by atoms with Gasteiger partial charge in [-0.1, -0.05) is 6.07 Å². The van der Waals surface area contributed by atoms with Gasteiger partial charge in [-0.25, -0.2) is 4.98 Å². The van der Waals surface area contributed by atoms with Gasteiger partial charge in [0.25, 0.3) is 0 Å². The van der Waals surface area contributed by atoms with E-state index in [4.69, 9.17) is 0 Å². The number of hydrogen-bond acceptors (Lipinski definition) is 3. The normalized spacial score (nSPS) is 12.6. The van der Waals surface area contributed by atoms with Crippen molar-refractivity contribution in [3.8, 4) is 5.88 Å².